The lowest BCUT2D eigenvalue weighted by Gasteiger charge is -2.06. The monoisotopic (exact) mass is 198 g/mol. The highest BCUT2D eigenvalue weighted by atomic mass is 35.5. The van der Waals surface area contributed by atoms with Gasteiger partial charge in [0.05, 0.1) is 12.7 Å². The summed E-state index contributed by atoms with van der Waals surface area (Å²) in [5.74, 6) is 0.605. The molecule has 70 valence electrons. The molecule has 0 unspecified atom stereocenters. The number of halogens is 1. The van der Waals surface area contributed by atoms with Crippen LogP contribution in [0.4, 0.5) is 0 Å². The third kappa shape index (κ3) is 2.22. The molecule has 1 aromatic carbocycles. The van der Waals surface area contributed by atoms with Crippen molar-refractivity contribution in [3.63, 3.8) is 0 Å². The highest BCUT2D eigenvalue weighted by molar-refractivity contribution is 6.30. The number of Topliss-reactive ketones (excluding diaryl/α,β-unsaturated/α-hetero) is 1. The molecule has 0 aromatic heterocycles. The Morgan fingerprint density at radius 1 is 1.54 bits per heavy atom. The van der Waals surface area contributed by atoms with Gasteiger partial charge in [0.15, 0.2) is 5.78 Å². The summed E-state index contributed by atoms with van der Waals surface area (Å²) in [4.78, 5) is 11.4. The summed E-state index contributed by atoms with van der Waals surface area (Å²) in [6, 6.07) is 5.02. The normalized spacial score (nSPS) is 9.77. The van der Waals surface area contributed by atoms with Crippen molar-refractivity contribution < 1.29 is 9.53 Å². The van der Waals surface area contributed by atoms with E-state index >= 15 is 0 Å². The first-order valence-corrected chi connectivity index (χ1v) is 4.43. The number of rotatable bonds is 3. The number of ether oxygens (including phenoxy) is 1. The van der Waals surface area contributed by atoms with Gasteiger partial charge in [0.25, 0.3) is 0 Å². The van der Waals surface area contributed by atoms with Crippen molar-refractivity contribution >= 4 is 17.4 Å². The molecule has 0 heterocycles. The molecule has 0 atom stereocenters. The number of methoxy groups -OCH3 is 1. The van der Waals surface area contributed by atoms with E-state index in [0.29, 0.717) is 22.8 Å². The average molecular weight is 199 g/mol. The molecule has 0 bridgehead atoms. The summed E-state index contributed by atoms with van der Waals surface area (Å²) in [6.45, 7) is 1.82. The number of benzene rings is 1. The largest absolute Gasteiger partial charge is 0.496 e. The predicted molar refractivity (Wildman–Crippen MR) is 52.6 cm³/mol. The van der Waals surface area contributed by atoms with Crippen LogP contribution in [0.1, 0.15) is 23.7 Å². The van der Waals surface area contributed by atoms with Crippen LogP contribution in [0.25, 0.3) is 0 Å². The maximum atomic E-state index is 11.4. The lowest BCUT2D eigenvalue weighted by molar-refractivity contribution is 0.0985. The van der Waals surface area contributed by atoms with Gasteiger partial charge in [-0.3, -0.25) is 4.79 Å². The minimum absolute atomic E-state index is 0.0634. The van der Waals surface area contributed by atoms with Gasteiger partial charge in [0.2, 0.25) is 0 Å². The highest BCUT2D eigenvalue weighted by Crippen LogP contribution is 2.23. The molecule has 13 heavy (non-hydrogen) atoms. The van der Waals surface area contributed by atoms with Gasteiger partial charge < -0.3 is 4.74 Å². The van der Waals surface area contributed by atoms with E-state index in [-0.39, 0.29) is 5.78 Å². The fraction of sp³-hybridized carbons (Fsp3) is 0.300. The summed E-state index contributed by atoms with van der Waals surface area (Å²) in [5, 5.41) is 0.574. The van der Waals surface area contributed by atoms with Gasteiger partial charge in [-0.25, -0.2) is 0 Å². The quantitative estimate of drug-likeness (QED) is 0.698. The van der Waals surface area contributed by atoms with Crippen molar-refractivity contribution in [2.45, 2.75) is 13.3 Å². The van der Waals surface area contributed by atoms with E-state index in [1.54, 1.807) is 18.2 Å². The summed E-state index contributed by atoms with van der Waals surface area (Å²) >= 11 is 5.75. The van der Waals surface area contributed by atoms with Gasteiger partial charge in [-0.1, -0.05) is 18.5 Å². The fourth-order valence-corrected chi connectivity index (χ4v) is 1.25. The number of ketones is 1. The Hall–Kier alpha value is -1.02. The van der Waals surface area contributed by atoms with Crippen LogP contribution >= 0.6 is 11.6 Å². The van der Waals surface area contributed by atoms with Crippen LogP contribution in [-0.4, -0.2) is 12.9 Å². The van der Waals surface area contributed by atoms with Gasteiger partial charge >= 0.3 is 0 Å². The van der Waals surface area contributed by atoms with E-state index in [1.807, 2.05) is 6.92 Å². The molecule has 1 rings (SSSR count). The highest BCUT2D eigenvalue weighted by Gasteiger charge is 2.09. The minimum Gasteiger partial charge on any atom is -0.496 e. The van der Waals surface area contributed by atoms with Crippen molar-refractivity contribution in [1.82, 2.24) is 0 Å². The lowest BCUT2D eigenvalue weighted by atomic mass is 10.1. The summed E-state index contributed by atoms with van der Waals surface area (Å²) < 4.78 is 5.04. The molecule has 0 aliphatic rings. The second-order valence-corrected chi connectivity index (χ2v) is 3.06. The lowest BCUT2D eigenvalue weighted by Crippen LogP contribution is -1.99. The Morgan fingerprint density at radius 3 is 2.77 bits per heavy atom. The van der Waals surface area contributed by atoms with Crippen LogP contribution in [0, 0.1) is 0 Å². The van der Waals surface area contributed by atoms with E-state index in [1.165, 1.54) is 7.11 Å². The Morgan fingerprint density at radius 2 is 2.23 bits per heavy atom. The van der Waals surface area contributed by atoms with Crippen molar-refractivity contribution in [3.8, 4) is 5.75 Å². The van der Waals surface area contributed by atoms with Gasteiger partial charge in [-0.15, -0.1) is 0 Å². The Balaban J connectivity index is 3.13. The van der Waals surface area contributed by atoms with Gasteiger partial charge in [-0.2, -0.15) is 0 Å². The molecule has 0 aliphatic carbocycles. The molecule has 1 aromatic rings. The molecule has 3 heteroatoms. The molecule has 0 saturated heterocycles. The van der Waals surface area contributed by atoms with Crippen LogP contribution in [0.2, 0.25) is 5.02 Å². The second kappa shape index (κ2) is 4.28. The maximum Gasteiger partial charge on any atom is 0.166 e. The molecule has 0 N–H and O–H groups in total. The van der Waals surface area contributed by atoms with E-state index in [2.05, 4.69) is 0 Å². The van der Waals surface area contributed by atoms with Crippen LogP contribution in [0.5, 0.6) is 5.75 Å². The minimum atomic E-state index is 0.0634. The smallest absolute Gasteiger partial charge is 0.166 e. The first kappa shape index (κ1) is 10.1. The van der Waals surface area contributed by atoms with E-state index in [0.717, 1.165) is 0 Å². The molecular formula is C10H11ClO2. The van der Waals surface area contributed by atoms with Crippen molar-refractivity contribution in [1.29, 1.82) is 0 Å². The number of carbonyl (C=O) groups is 1. The summed E-state index contributed by atoms with van der Waals surface area (Å²) in [7, 11) is 1.53. The fourth-order valence-electron chi connectivity index (χ4n) is 1.09. The van der Waals surface area contributed by atoms with Crippen LogP contribution in [0.3, 0.4) is 0 Å². The first-order valence-electron chi connectivity index (χ1n) is 4.05. The van der Waals surface area contributed by atoms with Crippen molar-refractivity contribution in [2.75, 3.05) is 7.11 Å². The summed E-state index contributed by atoms with van der Waals surface area (Å²) in [6.07, 6.45) is 0.470. The van der Waals surface area contributed by atoms with Crippen molar-refractivity contribution in [2.24, 2.45) is 0 Å². The maximum absolute atomic E-state index is 11.4. The zero-order chi connectivity index (χ0) is 9.84. The molecule has 0 radical (unpaired) electrons. The molecule has 2 nitrogen and oxygen atoms in total. The number of hydrogen-bond acceptors (Lipinski definition) is 2. The molecule has 0 fully saturated rings. The summed E-state index contributed by atoms with van der Waals surface area (Å²) in [5.41, 5.74) is 0.592. The van der Waals surface area contributed by atoms with Gasteiger partial charge in [-0.05, 0) is 18.2 Å². The topological polar surface area (TPSA) is 26.3 Å². The molecule has 0 aliphatic heterocycles. The molecular weight excluding hydrogens is 188 g/mol. The van der Waals surface area contributed by atoms with E-state index in [4.69, 9.17) is 16.3 Å². The second-order valence-electron chi connectivity index (χ2n) is 2.62. The van der Waals surface area contributed by atoms with Crippen LogP contribution in [0.15, 0.2) is 18.2 Å². The van der Waals surface area contributed by atoms with E-state index in [9.17, 15) is 4.79 Å². The third-order valence-corrected chi connectivity index (χ3v) is 2.02. The molecule has 0 amide bonds. The zero-order valence-corrected chi connectivity index (χ0v) is 8.39. The standard InChI is InChI=1S/C10H11ClO2/c1-3-9(12)8-5-4-7(11)6-10(8)13-2/h4-6H,3H2,1-2H3. The Labute approximate surface area is 82.5 Å². The Bertz CT molecular complexity index is 321. The zero-order valence-electron chi connectivity index (χ0n) is 7.63. The first-order chi connectivity index (χ1) is 6.19. The number of carbonyl (C=O) groups excluding carboxylic acids is 1. The van der Waals surface area contributed by atoms with Gasteiger partial charge in [0, 0.05) is 11.4 Å². The SMILES string of the molecule is CCC(=O)c1ccc(Cl)cc1OC. The third-order valence-electron chi connectivity index (χ3n) is 1.79. The molecule has 0 saturated carbocycles. The van der Waals surface area contributed by atoms with E-state index < -0.39 is 0 Å². The molecule has 0 spiro atoms. The Kier molecular flexibility index (Phi) is 3.32. The van der Waals surface area contributed by atoms with Gasteiger partial charge in [0.1, 0.15) is 5.75 Å². The predicted octanol–water partition coefficient (Wildman–Crippen LogP) is 2.94. The average Bonchev–Trinajstić information content (AvgIpc) is 2.16. The van der Waals surface area contributed by atoms with Crippen molar-refractivity contribution in [3.05, 3.63) is 28.8 Å². The number of hydrogen-bond donors (Lipinski definition) is 0. The van der Waals surface area contributed by atoms with Crippen LogP contribution < -0.4 is 4.74 Å². The van der Waals surface area contributed by atoms with Crippen LogP contribution in [-0.2, 0) is 0 Å².